The zero-order valence-corrected chi connectivity index (χ0v) is 13.6. The van der Waals surface area contributed by atoms with Crippen LogP contribution in [0.15, 0.2) is 12.1 Å². The molecule has 0 aromatic heterocycles. The summed E-state index contributed by atoms with van der Waals surface area (Å²) in [6.07, 6.45) is 1.69. The monoisotopic (exact) mass is 353 g/mol. The molecule has 2 heterocycles. The molecule has 0 radical (unpaired) electrons. The topological polar surface area (TPSA) is 82.1 Å². The molecule has 0 saturated carbocycles. The fraction of sp³-hybridized carbons (Fsp3) is 0.438. The van der Waals surface area contributed by atoms with Gasteiger partial charge in [-0.05, 0) is 18.6 Å². The molecule has 3 rings (SSSR count). The van der Waals surface area contributed by atoms with E-state index >= 15 is 0 Å². The maximum atomic E-state index is 12.1. The van der Waals surface area contributed by atoms with Crippen molar-refractivity contribution in [3.8, 4) is 11.5 Å². The minimum absolute atomic E-state index is 0.157. The lowest BCUT2D eigenvalue weighted by Gasteiger charge is -2.14. The number of fused-ring (bicyclic) bond motifs is 1. The van der Waals surface area contributed by atoms with E-state index in [-0.39, 0.29) is 16.5 Å². The predicted molar refractivity (Wildman–Crippen MR) is 83.3 cm³/mol. The Hall–Kier alpha value is -2.28. The molecule has 1 aromatic rings. The molecule has 0 spiro atoms. The fourth-order valence-electron chi connectivity index (χ4n) is 2.55. The Bertz CT molecular complexity index is 689. The number of likely N-dealkylation sites (tertiary alicyclic amines) is 1. The molecule has 7 nitrogen and oxygen atoms in total. The lowest BCUT2D eigenvalue weighted by molar-refractivity contribution is -0.143. The van der Waals surface area contributed by atoms with Crippen molar-refractivity contribution in [2.75, 3.05) is 26.4 Å². The Labute approximate surface area is 143 Å². The number of hydrogen-bond donors (Lipinski definition) is 0. The summed E-state index contributed by atoms with van der Waals surface area (Å²) >= 11 is 6.12. The third-order valence-corrected chi connectivity index (χ3v) is 4.02. The van der Waals surface area contributed by atoms with Crippen LogP contribution in [0.2, 0.25) is 5.02 Å². The average Bonchev–Trinajstić information content (AvgIpc) is 2.84. The Morgan fingerprint density at radius 1 is 1.21 bits per heavy atom. The van der Waals surface area contributed by atoms with Gasteiger partial charge in [0.25, 0.3) is 5.91 Å². The van der Waals surface area contributed by atoms with E-state index in [1.54, 1.807) is 0 Å². The van der Waals surface area contributed by atoms with Crippen LogP contribution >= 0.6 is 11.6 Å². The summed E-state index contributed by atoms with van der Waals surface area (Å²) in [5, 5.41) is 0.238. The number of ether oxygens (including phenoxy) is 3. The molecule has 0 unspecified atom stereocenters. The second kappa shape index (κ2) is 7.09. The lowest BCUT2D eigenvalue weighted by atomic mass is 10.2. The van der Waals surface area contributed by atoms with E-state index in [0.29, 0.717) is 50.5 Å². The van der Waals surface area contributed by atoms with Gasteiger partial charge in [0, 0.05) is 19.4 Å². The van der Waals surface area contributed by atoms with Gasteiger partial charge in [-0.2, -0.15) is 0 Å². The molecule has 2 aliphatic heterocycles. The number of imide groups is 1. The number of esters is 1. The van der Waals surface area contributed by atoms with Gasteiger partial charge >= 0.3 is 5.97 Å². The van der Waals surface area contributed by atoms with Crippen LogP contribution in [0, 0.1) is 0 Å². The number of hydrogen-bond acceptors (Lipinski definition) is 6. The number of benzene rings is 1. The second-order valence-electron chi connectivity index (χ2n) is 5.45. The first kappa shape index (κ1) is 16.6. The van der Waals surface area contributed by atoms with Crippen molar-refractivity contribution in [3.63, 3.8) is 0 Å². The summed E-state index contributed by atoms with van der Waals surface area (Å²) < 4.78 is 16.0. The molecule has 128 valence electrons. The smallest absolute Gasteiger partial charge is 0.338 e. The largest absolute Gasteiger partial charge is 0.489 e. The van der Waals surface area contributed by atoms with Crippen molar-refractivity contribution >= 4 is 29.4 Å². The highest BCUT2D eigenvalue weighted by atomic mass is 35.5. The first-order valence-corrected chi connectivity index (χ1v) is 8.03. The molecular formula is C16H16ClNO6. The van der Waals surface area contributed by atoms with E-state index in [4.69, 9.17) is 25.8 Å². The zero-order valence-electron chi connectivity index (χ0n) is 12.9. The molecule has 0 N–H and O–H groups in total. The van der Waals surface area contributed by atoms with Crippen LogP contribution in [-0.2, 0) is 14.3 Å². The maximum Gasteiger partial charge on any atom is 0.338 e. The number of amides is 2. The molecule has 8 heteroatoms. The van der Waals surface area contributed by atoms with Gasteiger partial charge < -0.3 is 14.2 Å². The van der Waals surface area contributed by atoms with Gasteiger partial charge in [-0.25, -0.2) is 4.79 Å². The molecule has 1 fully saturated rings. The van der Waals surface area contributed by atoms with Crippen molar-refractivity contribution in [2.45, 2.75) is 19.3 Å². The minimum atomic E-state index is -0.715. The first-order valence-electron chi connectivity index (χ1n) is 7.66. The van der Waals surface area contributed by atoms with Crippen molar-refractivity contribution in [2.24, 2.45) is 0 Å². The average molecular weight is 354 g/mol. The Morgan fingerprint density at radius 3 is 2.75 bits per heavy atom. The first-order chi connectivity index (χ1) is 11.6. The lowest BCUT2D eigenvalue weighted by Crippen LogP contribution is -2.35. The molecular weight excluding hydrogens is 338 g/mol. The van der Waals surface area contributed by atoms with Gasteiger partial charge in [0.15, 0.2) is 18.1 Å². The number of rotatable bonds is 3. The van der Waals surface area contributed by atoms with Gasteiger partial charge in [-0.1, -0.05) is 11.6 Å². The molecule has 2 amide bonds. The molecule has 24 heavy (non-hydrogen) atoms. The molecule has 0 aliphatic carbocycles. The van der Waals surface area contributed by atoms with E-state index < -0.39 is 18.5 Å². The van der Waals surface area contributed by atoms with Gasteiger partial charge in [-0.15, -0.1) is 0 Å². The predicted octanol–water partition coefficient (Wildman–Crippen LogP) is 1.81. The van der Waals surface area contributed by atoms with Gasteiger partial charge in [-0.3, -0.25) is 14.5 Å². The Kier molecular flexibility index (Phi) is 4.89. The number of carbonyl (C=O) groups excluding carboxylic acids is 3. The maximum absolute atomic E-state index is 12.1. The molecule has 1 saturated heterocycles. The van der Waals surface area contributed by atoms with Crippen molar-refractivity contribution in [1.29, 1.82) is 0 Å². The van der Waals surface area contributed by atoms with Crippen LogP contribution in [0.1, 0.15) is 29.6 Å². The van der Waals surface area contributed by atoms with Gasteiger partial charge in [0.05, 0.1) is 23.8 Å². The van der Waals surface area contributed by atoms with Crippen LogP contribution in [0.3, 0.4) is 0 Å². The zero-order chi connectivity index (χ0) is 17.1. The summed E-state index contributed by atoms with van der Waals surface area (Å²) in [5.74, 6) is -0.717. The van der Waals surface area contributed by atoms with Crippen LogP contribution in [0.25, 0.3) is 0 Å². The highest BCUT2D eigenvalue weighted by molar-refractivity contribution is 6.32. The van der Waals surface area contributed by atoms with Gasteiger partial charge in [0.2, 0.25) is 5.91 Å². The second-order valence-corrected chi connectivity index (χ2v) is 5.86. The highest BCUT2D eigenvalue weighted by Gasteiger charge is 2.27. The SMILES string of the molecule is O=C(OCC(=O)N1CCCC1=O)c1cc(Cl)c2c(c1)OCCCO2. The summed E-state index contributed by atoms with van der Waals surface area (Å²) in [4.78, 5) is 36.6. The summed E-state index contributed by atoms with van der Waals surface area (Å²) in [6, 6.07) is 2.88. The standard InChI is InChI=1S/C16H16ClNO6/c17-11-7-10(8-12-15(11)23-6-2-5-22-12)16(21)24-9-14(20)18-4-1-3-13(18)19/h7-8H,1-6,9H2. The van der Waals surface area contributed by atoms with Crippen LogP contribution in [0.4, 0.5) is 0 Å². The summed E-state index contributed by atoms with van der Waals surface area (Å²) in [5.41, 5.74) is 0.157. The van der Waals surface area contributed by atoms with Crippen molar-refractivity contribution < 1.29 is 28.6 Å². The van der Waals surface area contributed by atoms with E-state index in [1.165, 1.54) is 12.1 Å². The summed E-state index contributed by atoms with van der Waals surface area (Å²) in [6.45, 7) is 0.813. The van der Waals surface area contributed by atoms with Gasteiger partial charge in [0.1, 0.15) is 0 Å². The fourth-order valence-corrected chi connectivity index (χ4v) is 2.81. The van der Waals surface area contributed by atoms with Crippen LogP contribution in [-0.4, -0.2) is 49.0 Å². The van der Waals surface area contributed by atoms with Crippen LogP contribution in [0.5, 0.6) is 11.5 Å². The highest BCUT2D eigenvalue weighted by Crippen LogP contribution is 2.38. The Balaban J connectivity index is 1.67. The van der Waals surface area contributed by atoms with E-state index in [9.17, 15) is 14.4 Å². The quantitative estimate of drug-likeness (QED) is 0.771. The third-order valence-electron chi connectivity index (χ3n) is 3.74. The Morgan fingerprint density at radius 2 is 2.00 bits per heavy atom. The molecule has 0 atom stereocenters. The molecule has 0 bridgehead atoms. The summed E-state index contributed by atoms with van der Waals surface area (Å²) in [7, 11) is 0. The van der Waals surface area contributed by atoms with Crippen molar-refractivity contribution in [3.05, 3.63) is 22.7 Å². The molecule has 1 aromatic carbocycles. The number of halogens is 1. The third kappa shape index (κ3) is 3.46. The van der Waals surface area contributed by atoms with E-state index in [1.807, 2.05) is 0 Å². The van der Waals surface area contributed by atoms with E-state index in [0.717, 1.165) is 4.90 Å². The minimum Gasteiger partial charge on any atom is -0.489 e. The number of nitrogens with zero attached hydrogens (tertiary/aromatic N) is 1. The van der Waals surface area contributed by atoms with Crippen molar-refractivity contribution in [1.82, 2.24) is 4.90 Å². The van der Waals surface area contributed by atoms with Crippen LogP contribution < -0.4 is 9.47 Å². The molecule has 2 aliphatic rings. The number of carbonyl (C=O) groups is 3. The normalized spacial score (nSPS) is 16.7. The van der Waals surface area contributed by atoms with E-state index in [2.05, 4.69) is 0 Å².